The van der Waals surface area contributed by atoms with E-state index in [2.05, 4.69) is 41.0 Å². The highest BCUT2D eigenvalue weighted by Gasteiger charge is 2.57. The van der Waals surface area contributed by atoms with Gasteiger partial charge in [0, 0.05) is 22.1 Å². The van der Waals surface area contributed by atoms with Gasteiger partial charge in [-0.1, -0.05) is 31.0 Å². The first kappa shape index (κ1) is 19.1. The van der Waals surface area contributed by atoms with Crippen molar-refractivity contribution in [1.29, 1.82) is 0 Å². The SMILES string of the molecule is Cl.O=C(NCC1(Sc2ccccc2)CCCC1)C1CC12CCNCC2. The maximum atomic E-state index is 12.7. The van der Waals surface area contributed by atoms with Gasteiger partial charge in [0.1, 0.15) is 0 Å². The van der Waals surface area contributed by atoms with Crippen molar-refractivity contribution in [2.75, 3.05) is 19.6 Å². The van der Waals surface area contributed by atoms with Crippen molar-refractivity contribution < 1.29 is 4.79 Å². The van der Waals surface area contributed by atoms with Crippen molar-refractivity contribution in [2.24, 2.45) is 11.3 Å². The van der Waals surface area contributed by atoms with Crippen LogP contribution in [0.25, 0.3) is 0 Å². The van der Waals surface area contributed by atoms with E-state index in [-0.39, 0.29) is 23.1 Å². The highest BCUT2D eigenvalue weighted by atomic mass is 35.5. The van der Waals surface area contributed by atoms with Gasteiger partial charge in [0.15, 0.2) is 0 Å². The number of piperidine rings is 1. The Morgan fingerprint density at radius 3 is 2.48 bits per heavy atom. The summed E-state index contributed by atoms with van der Waals surface area (Å²) < 4.78 is 0.202. The smallest absolute Gasteiger partial charge is 0.223 e. The first-order valence-corrected chi connectivity index (χ1v) is 10.3. The summed E-state index contributed by atoms with van der Waals surface area (Å²) in [4.78, 5) is 14.0. The predicted molar refractivity (Wildman–Crippen MR) is 106 cm³/mol. The van der Waals surface area contributed by atoms with Crippen LogP contribution in [0.4, 0.5) is 0 Å². The maximum absolute atomic E-state index is 12.7. The second-order valence-electron chi connectivity index (χ2n) is 7.89. The summed E-state index contributed by atoms with van der Waals surface area (Å²) in [5.41, 5.74) is 0.338. The van der Waals surface area contributed by atoms with Gasteiger partial charge in [-0.2, -0.15) is 0 Å². The van der Waals surface area contributed by atoms with Crippen molar-refractivity contribution in [3.8, 4) is 0 Å². The minimum absolute atomic E-state index is 0. The molecule has 25 heavy (non-hydrogen) atoms. The van der Waals surface area contributed by atoms with E-state index in [0.717, 1.165) is 26.1 Å². The number of halogens is 1. The van der Waals surface area contributed by atoms with E-state index in [1.807, 2.05) is 11.8 Å². The van der Waals surface area contributed by atoms with Gasteiger partial charge < -0.3 is 10.6 Å². The highest BCUT2D eigenvalue weighted by molar-refractivity contribution is 8.00. The Labute approximate surface area is 161 Å². The van der Waals surface area contributed by atoms with Crippen molar-refractivity contribution in [2.45, 2.75) is 54.6 Å². The molecule has 1 aliphatic heterocycles. The normalized spacial score (nSPS) is 26.0. The second kappa shape index (κ2) is 7.89. The fraction of sp³-hybridized carbons (Fsp3) is 0.650. The van der Waals surface area contributed by atoms with Crippen LogP contribution in [0.5, 0.6) is 0 Å². The monoisotopic (exact) mass is 380 g/mol. The fourth-order valence-corrected chi connectivity index (χ4v) is 6.07. The summed E-state index contributed by atoms with van der Waals surface area (Å²) >= 11 is 1.98. The Balaban J connectivity index is 0.00000182. The molecule has 3 aliphatic rings. The molecule has 0 radical (unpaired) electrons. The van der Waals surface area contributed by atoms with Crippen LogP contribution in [0.3, 0.4) is 0 Å². The Hall–Kier alpha value is -0.710. The van der Waals surface area contributed by atoms with Crippen molar-refractivity contribution in [3.05, 3.63) is 30.3 Å². The van der Waals surface area contributed by atoms with Gasteiger partial charge in [-0.3, -0.25) is 4.79 Å². The third kappa shape index (κ3) is 4.17. The minimum atomic E-state index is 0. The average Bonchev–Trinajstić information content (AvgIpc) is 3.10. The number of amides is 1. The second-order valence-corrected chi connectivity index (χ2v) is 9.43. The van der Waals surface area contributed by atoms with E-state index in [0.29, 0.717) is 11.3 Å². The summed E-state index contributed by atoms with van der Waals surface area (Å²) in [6, 6.07) is 10.7. The van der Waals surface area contributed by atoms with Gasteiger partial charge in [-0.15, -0.1) is 24.2 Å². The lowest BCUT2D eigenvalue weighted by Crippen LogP contribution is -2.40. The largest absolute Gasteiger partial charge is 0.354 e. The van der Waals surface area contributed by atoms with Crippen LogP contribution in [0.2, 0.25) is 0 Å². The van der Waals surface area contributed by atoms with Gasteiger partial charge in [-0.05, 0) is 62.7 Å². The lowest BCUT2D eigenvalue weighted by atomic mass is 9.91. The van der Waals surface area contributed by atoms with Gasteiger partial charge in [0.05, 0.1) is 0 Å². The molecule has 3 fully saturated rings. The quantitative estimate of drug-likeness (QED) is 0.810. The molecule has 1 aromatic carbocycles. The number of carbonyl (C=O) groups is 1. The number of nitrogens with one attached hydrogen (secondary N) is 2. The molecular weight excluding hydrogens is 352 g/mol. The number of hydrogen-bond donors (Lipinski definition) is 2. The molecule has 1 amide bonds. The van der Waals surface area contributed by atoms with E-state index in [4.69, 9.17) is 0 Å². The average molecular weight is 381 g/mol. The Kier molecular flexibility index (Phi) is 6.02. The van der Waals surface area contributed by atoms with Crippen molar-refractivity contribution >= 4 is 30.1 Å². The summed E-state index contributed by atoms with van der Waals surface area (Å²) in [5, 5.41) is 6.75. The molecule has 138 valence electrons. The Bertz CT molecular complexity index is 583. The first-order chi connectivity index (χ1) is 11.7. The zero-order valence-electron chi connectivity index (χ0n) is 14.8. The summed E-state index contributed by atoms with van der Waals surface area (Å²) in [6.07, 6.45) is 8.46. The van der Waals surface area contributed by atoms with Crippen LogP contribution >= 0.6 is 24.2 Å². The molecule has 2 N–H and O–H groups in total. The lowest BCUT2D eigenvalue weighted by Gasteiger charge is -2.29. The lowest BCUT2D eigenvalue weighted by molar-refractivity contribution is -0.123. The first-order valence-electron chi connectivity index (χ1n) is 9.44. The number of benzene rings is 1. The molecule has 2 saturated carbocycles. The van der Waals surface area contributed by atoms with E-state index in [1.165, 1.54) is 43.4 Å². The van der Waals surface area contributed by atoms with Crippen molar-refractivity contribution in [1.82, 2.24) is 10.6 Å². The molecular formula is C20H29ClN2OS. The zero-order valence-corrected chi connectivity index (χ0v) is 16.4. The van der Waals surface area contributed by atoms with E-state index >= 15 is 0 Å². The van der Waals surface area contributed by atoms with Gasteiger partial charge in [-0.25, -0.2) is 0 Å². The summed E-state index contributed by atoms with van der Waals surface area (Å²) in [5.74, 6) is 0.594. The summed E-state index contributed by atoms with van der Waals surface area (Å²) in [7, 11) is 0. The van der Waals surface area contributed by atoms with Crippen LogP contribution in [-0.2, 0) is 4.79 Å². The molecule has 2 aliphatic carbocycles. The van der Waals surface area contributed by atoms with Crippen LogP contribution in [0.15, 0.2) is 35.2 Å². The molecule has 0 bridgehead atoms. The molecule has 5 heteroatoms. The molecule has 0 aromatic heterocycles. The standard InChI is InChI=1S/C20H28N2OS.ClH/c23-18(17-14-19(17)10-12-21-13-11-19)22-15-20(8-4-5-9-20)24-16-6-2-1-3-7-16;/h1-3,6-7,17,21H,4-5,8-15H2,(H,22,23);1H. The Morgan fingerprint density at radius 2 is 1.80 bits per heavy atom. The van der Waals surface area contributed by atoms with Gasteiger partial charge in [0.25, 0.3) is 0 Å². The molecule has 1 atom stereocenters. The topological polar surface area (TPSA) is 41.1 Å². The number of thioether (sulfide) groups is 1. The fourth-order valence-electron chi connectivity index (χ4n) is 4.64. The minimum Gasteiger partial charge on any atom is -0.354 e. The molecule has 1 aromatic rings. The zero-order chi connectivity index (χ0) is 16.5. The third-order valence-corrected chi connectivity index (χ3v) is 7.78. The van der Waals surface area contributed by atoms with E-state index < -0.39 is 0 Å². The van der Waals surface area contributed by atoms with Crippen LogP contribution in [-0.4, -0.2) is 30.3 Å². The predicted octanol–water partition coefficient (Wildman–Crippen LogP) is 4.02. The third-order valence-electron chi connectivity index (χ3n) is 6.28. The molecule has 1 heterocycles. The molecule has 3 nitrogen and oxygen atoms in total. The van der Waals surface area contributed by atoms with Crippen LogP contribution in [0.1, 0.15) is 44.9 Å². The number of hydrogen-bond acceptors (Lipinski definition) is 3. The number of carbonyl (C=O) groups excluding carboxylic acids is 1. The molecule has 1 saturated heterocycles. The van der Waals surface area contributed by atoms with Gasteiger partial charge in [0.2, 0.25) is 5.91 Å². The van der Waals surface area contributed by atoms with Gasteiger partial charge >= 0.3 is 0 Å². The summed E-state index contributed by atoms with van der Waals surface area (Å²) in [6.45, 7) is 2.99. The highest BCUT2D eigenvalue weighted by Crippen LogP contribution is 2.58. The van der Waals surface area contributed by atoms with Crippen molar-refractivity contribution in [3.63, 3.8) is 0 Å². The number of rotatable bonds is 5. The van der Waals surface area contributed by atoms with Crippen LogP contribution < -0.4 is 10.6 Å². The van der Waals surface area contributed by atoms with E-state index in [9.17, 15) is 4.79 Å². The molecule has 1 spiro atoms. The molecule has 1 unspecified atom stereocenters. The molecule has 4 rings (SSSR count). The van der Waals surface area contributed by atoms with Crippen LogP contribution in [0, 0.1) is 11.3 Å². The maximum Gasteiger partial charge on any atom is 0.223 e. The van der Waals surface area contributed by atoms with E-state index in [1.54, 1.807) is 0 Å². The Morgan fingerprint density at radius 1 is 1.12 bits per heavy atom.